The summed E-state index contributed by atoms with van der Waals surface area (Å²) in [6.45, 7) is 5.05. The molecule has 1 aromatic rings. The predicted molar refractivity (Wildman–Crippen MR) is 99.5 cm³/mol. The van der Waals surface area contributed by atoms with Gasteiger partial charge >= 0.3 is 0 Å². The molecule has 26 heavy (non-hydrogen) atoms. The fraction of sp³-hybridized carbons (Fsp3) is 0.611. The average Bonchev–Trinajstić information content (AvgIpc) is 2.65. The van der Waals surface area contributed by atoms with Gasteiger partial charge in [0.25, 0.3) is 0 Å². The van der Waals surface area contributed by atoms with Gasteiger partial charge in [-0.15, -0.1) is 0 Å². The van der Waals surface area contributed by atoms with Crippen LogP contribution in [0.3, 0.4) is 0 Å². The van der Waals surface area contributed by atoms with Crippen LogP contribution in [-0.4, -0.2) is 69.0 Å². The molecule has 2 aliphatic heterocycles. The molecule has 1 amide bonds. The van der Waals surface area contributed by atoms with Crippen LogP contribution in [0.2, 0.25) is 0 Å². The van der Waals surface area contributed by atoms with Crippen molar-refractivity contribution in [2.45, 2.75) is 37.1 Å². The third-order valence-electron chi connectivity index (χ3n) is 5.03. The first-order valence-electron chi connectivity index (χ1n) is 9.19. The number of benzene rings is 1. The Morgan fingerprint density at radius 1 is 1.15 bits per heavy atom. The molecule has 7 nitrogen and oxygen atoms in total. The van der Waals surface area contributed by atoms with Gasteiger partial charge in [0.05, 0.1) is 24.7 Å². The first kappa shape index (κ1) is 19.3. The summed E-state index contributed by atoms with van der Waals surface area (Å²) in [6, 6.07) is 6.80. The van der Waals surface area contributed by atoms with Crippen LogP contribution in [0.4, 0.5) is 5.69 Å². The van der Waals surface area contributed by atoms with Crippen LogP contribution in [0.1, 0.15) is 26.2 Å². The molecule has 2 fully saturated rings. The number of carbonyl (C=O) groups excluding carboxylic acids is 1. The van der Waals surface area contributed by atoms with E-state index < -0.39 is 10.0 Å². The summed E-state index contributed by atoms with van der Waals surface area (Å²) in [6.07, 6.45) is 3.48. The van der Waals surface area contributed by atoms with Gasteiger partial charge in [0.2, 0.25) is 15.9 Å². The maximum atomic E-state index is 12.6. The minimum atomic E-state index is -3.50. The summed E-state index contributed by atoms with van der Waals surface area (Å²) in [7, 11) is -3.50. The molecule has 0 aromatic heterocycles. The average molecular weight is 381 g/mol. The molecule has 1 atom stereocenters. The van der Waals surface area contributed by atoms with E-state index >= 15 is 0 Å². The number of nitrogens with zero attached hydrogens (tertiary/aromatic N) is 2. The molecule has 0 spiro atoms. The zero-order valence-corrected chi connectivity index (χ0v) is 16.0. The van der Waals surface area contributed by atoms with Gasteiger partial charge in [-0.3, -0.25) is 9.69 Å². The van der Waals surface area contributed by atoms with Gasteiger partial charge in [-0.2, -0.15) is 4.31 Å². The Balaban J connectivity index is 1.59. The van der Waals surface area contributed by atoms with Crippen molar-refractivity contribution < 1.29 is 17.9 Å². The normalized spacial score (nSPS) is 22.9. The zero-order valence-electron chi connectivity index (χ0n) is 15.2. The molecule has 2 heterocycles. The minimum Gasteiger partial charge on any atom is -0.379 e. The number of hydrogen-bond acceptors (Lipinski definition) is 5. The summed E-state index contributed by atoms with van der Waals surface area (Å²) in [5.41, 5.74) is 0.612. The fourth-order valence-electron chi connectivity index (χ4n) is 3.42. The second-order valence-electron chi connectivity index (χ2n) is 6.90. The van der Waals surface area contributed by atoms with Gasteiger partial charge in [-0.05, 0) is 50.6 Å². The van der Waals surface area contributed by atoms with Crippen LogP contribution >= 0.6 is 0 Å². The molecule has 2 aliphatic rings. The van der Waals surface area contributed by atoms with Crippen molar-refractivity contribution >= 4 is 21.6 Å². The van der Waals surface area contributed by atoms with E-state index in [-0.39, 0.29) is 10.8 Å². The van der Waals surface area contributed by atoms with Crippen molar-refractivity contribution in [2.75, 3.05) is 44.7 Å². The SMILES string of the molecule is C[C@H]1CCCCN1CC(=O)Nc1ccc(S(=O)(=O)N2CCOCC2)cc1. The third-order valence-corrected chi connectivity index (χ3v) is 6.95. The fourth-order valence-corrected chi connectivity index (χ4v) is 4.83. The Hall–Kier alpha value is -1.48. The van der Waals surface area contributed by atoms with Crippen molar-refractivity contribution in [3.8, 4) is 0 Å². The van der Waals surface area contributed by atoms with Gasteiger partial charge in [0.15, 0.2) is 0 Å². The molecule has 1 N–H and O–H groups in total. The van der Waals surface area contributed by atoms with Crippen LogP contribution in [0.25, 0.3) is 0 Å². The topological polar surface area (TPSA) is 79.0 Å². The Labute approximate surface area is 155 Å². The molecule has 0 bridgehead atoms. The second-order valence-corrected chi connectivity index (χ2v) is 8.84. The summed E-state index contributed by atoms with van der Waals surface area (Å²) in [4.78, 5) is 14.7. The number of nitrogens with one attached hydrogen (secondary N) is 1. The molecule has 0 radical (unpaired) electrons. The number of amides is 1. The smallest absolute Gasteiger partial charge is 0.243 e. The molecular formula is C18H27N3O4S. The van der Waals surface area contributed by atoms with Crippen molar-refractivity contribution in [2.24, 2.45) is 0 Å². The van der Waals surface area contributed by atoms with Crippen LogP contribution in [0.15, 0.2) is 29.2 Å². The Morgan fingerprint density at radius 3 is 2.50 bits per heavy atom. The van der Waals surface area contributed by atoms with Crippen LogP contribution in [0.5, 0.6) is 0 Å². The highest BCUT2D eigenvalue weighted by Crippen LogP contribution is 2.20. The standard InChI is InChI=1S/C18H27N3O4S/c1-15-4-2-3-9-20(15)14-18(22)19-16-5-7-17(8-6-16)26(23,24)21-10-12-25-13-11-21/h5-8,15H,2-4,9-14H2,1H3,(H,19,22)/t15-/m0/s1. The van der Waals surface area contributed by atoms with E-state index in [0.717, 1.165) is 19.4 Å². The lowest BCUT2D eigenvalue weighted by atomic mass is 10.0. The molecule has 8 heteroatoms. The van der Waals surface area contributed by atoms with Crippen LogP contribution < -0.4 is 5.32 Å². The predicted octanol–water partition coefficient (Wildman–Crippen LogP) is 1.52. The van der Waals surface area contributed by atoms with E-state index in [4.69, 9.17) is 4.74 Å². The second kappa shape index (κ2) is 8.47. The molecule has 0 unspecified atom stereocenters. The number of hydrogen-bond donors (Lipinski definition) is 1. The van der Waals surface area contributed by atoms with Crippen molar-refractivity contribution in [3.63, 3.8) is 0 Å². The molecule has 2 saturated heterocycles. The lowest BCUT2D eigenvalue weighted by Gasteiger charge is -2.32. The number of ether oxygens (including phenoxy) is 1. The maximum Gasteiger partial charge on any atom is 0.243 e. The van der Waals surface area contributed by atoms with Gasteiger partial charge in [0.1, 0.15) is 0 Å². The lowest BCUT2D eigenvalue weighted by molar-refractivity contribution is -0.118. The molecule has 1 aromatic carbocycles. The highest BCUT2D eigenvalue weighted by Gasteiger charge is 2.26. The Morgan fingerprint density at radius 2 is 1.85 bits per heavy atom. The first-order chi connectivity index (χ1) is 12.5. The highest BCUT2D eigenvalue weighted by atomic mass is 32.2. The molecule has 3 rings (SSSR count). The largest absolute Gasteiger partial charge is 0.379 e. The van der Waals surface area contributed by atoms with Gasteiger partial charge in [0, 0.05) is 24.8 Å². The zero-order chi connectivity index (χ0) is 18.6. The van der Waals surface area contributed by atoms with E-state index in [2.05, 4.69) is 17.1 Å². The van der Waals surface area contributed by atoms with Crippen molar-refractivity contribution in [3.05, 3.63) is 24.3 Å². The molecule has 0 saturated carbocycles. The summed E-state index contributed by atoms with van der Waals surface area (Å²) >= 11 is 0. The Kier molecular flexibility index (Phi) is 6.29. The van der Waals surface area contributed by atoms with E-state index in [9.17, 15) is 13.2 Å². The van der Waals surface area contributed by atoms with Crippen LogP contribution in [-0.2, 0) is 19.6 Å². The molecule has 144 valence electrons. The number of piperidine rings is 1. The monoisotopic (exact) mass is 381 g/mol. The van der Waals surface area contributed by atoms with E-state index in [0.29, 0.717) is 44.6 Å². The first-order valence-corrected chi connectivity index (χ1v) is 10.6. The van der Waals surface area contributed by atoms with Gasteiger partial charge in [-0.1, -0.05) is 6.42 Å². The van der Waals surface area contributed by atoms with E-state index in [1.54, 1.807) is 24.3 Å². The van der Waals surface area contributed by atoms with Gasteiger partial charge in [-0.25, -0.2) is 8.42 Å². The number of anilines is 1. The number of likely N-dealkylation sites (tertiary alicyclic amines) is 1. The number of morpholine rings is 1. The van der Waals surface area contributed by atoms with E-state index in [1.807, 2.05) is 0 Å². The molecular weight excluding hydrogens is 354 g/mol. The van der Waals surface area contributed by atoms with Crippen molar-refractivity contribution in [1.82, 2.24) is 9.21 Å². The maximum absolute atomic E-state index is 12.6. The third kappa shape index (κ3) is 4.62. The highest BCUT2D eigenvalue weighted by molar-refractivity contribution is 7.89. The molecule has 0 aliphatic carbocycles. The Bertz CT molecular complexity index is 714. The number of sulfonamides is 1. The lowest BCUT2D eigenvalue weighted by Crippen LogP contribution is -2.42. The van der Waals surface area contributed by atoms with Crippen molar-refractivity contribution in [1.29, 1.82) is 0 Å². The summed E-state index contributed by atoms with van der Waals surface area (Å²) < 4.78 is 31.8. The summed E-state index contributed by atoms with van der Waals surface area (Å²) in [5, 5.41) is 2.86. The number of rotatable bonds is 5. The van der Waals surface area contributed by atoms with E-state index in [1.165, 1.54) is 10.7 Å². The minimum absolute atomic E-state index is 0.0671. The summed E-state index contributed by atoms with van der Waals surface area (Å²) in [5.74, 6) is -0.0671. The van der Waals surface area contributed by atoms with Crippen LogP contribution in [0, 0.1) is 0 Å². The number of carbonyl (C=O) groups is 1. The quantitative estimate of drug-likeness (QED) is 0.837. The van der Waals surface area contributed by atoms with Gasteiger partial charge < -0.3 is 10.1 Å².